The zero-order valence-corrected chi connectivity index (χ0v) is 10.5. The number of aryl methyl sites for hydroxylation is 1. The fraction of sp³-hybridized carbons (Fsp3) is 0.182. The lowest BCUT2D eigenvalue weighted by atomic mass is 10.3. The molecule has 2 heterocycles. The summed E-state index contributed by atoms with van der Waals surface area (Å²) in [7, 11) is 0. The van der Waals surface area contributed by atoms with E-state index in [4.69, 9.17) is 5.73 Å². The molecular formula is C11H12N2OS2. The van der Waals surface area contributed by atoms with Crippen LogP contribution in [-0.4, -0.2) is 5.91 Å². The molecule has 0 unspecified atom stereocenters. The topological polar surface area (TPSA) is 55.1 Å². The number of amides is 1. The van der Waals surface area contributed by atoms with Crippen LogP contribution >= 0.6 is 22.7 Å². The molecule has 0 aliphatic carbocycles. The third-order valence-corrected chi connectivity index (χ3v) is 4.01. The Balaban J connectivity index is 1.98. The summed E-state index contributed by atoms with van der Waals surface area (Å²) in [6.07, 6.45) is 0. The van der Waals surface area contributed by atoms with Gasteiger partial charge in [0.25, 0.3) is 5.91 Å². The number of hydrogen-bond donors (Lipinski definition) is 2. The zero-order valence-electron chi connectivity index (χ0n) is 8.82. The summed E-state index contributed by atoms with van der Waals surface area (Å²) < 4.78 is 0. The van der Waals surface area contributed by atoms with Gasteiger partial charge in [-0.1, -0.05) is 0 Å². The number of nitrogens with two attached hydrogens (primary N) is 1. The van der Waals surface area contributed by atoms with Gasteiger partial charge in [-0.05, 0) is 35.4 Å². The first-order chi connectivity index (χ1) is 7.66. The highest BCUT2D eigenvalue weighted by Gasteiger charge is 2.10. The van der Waals surface area contributed by atoms with Crippen LogP contribution in [0.4, 0.5) is 5.69 Å². The molecule has 1 amide bonds. The molecule has 0 aliphatic rings. The number of nitrogens with one attached hydrogen (secondary N) is 1. The number of nitrogen functional groups attached to an aromatic ring is 1. The van der Waals surface area contributed by atoms with Crippen LogP contribution < -0.4 is 11.1 Å². The Hall–Kier alpha value is -1.33. The lowest BCUT2D eigenvalue weighted by molar-refractivity contribution is 0.0955. The van der Waals surface area contributed by atoms with Gasteiger partial charge in [-0.25, -0.2) is 0 Å². The fourth-order valence-corrected chi connectivity index (χ4v) is 2.80. The van der Waals surface area contributed by atoms with Crippen molar-refractivity contribution in [2.75, 3.05) is 5.73 Å². The van der Waals surface area contributed by atoms with Crippen LogP contribution in [0.2, 0.25) is 0 Å². The summed E-state index contributed by atoms with van der Waals surface area (Å²) in [6, 6.07) is 3.72. The van der Waals surface area contributed by atoms with E-state index in [0.717, 1.165) is 10.4 Å². The first kappa shape index (κ1) is 11.2. The second-order valence-electron chi connectivity index (χ2n) is 3.44. The quantitative estimate of drug-likeness (QED) is 0.882. The van der Waals surface area contributed by atoms with E-state index >= 15 is 0 Å². The predicted octanol–water partition coefficient (Wildman–Crippen LogP) is 2.63. The van der Waals surface area contributed by atoms with Crippen molar-refractivity contribution in [2.24, 2.45) is 0 Å². The third-order valence-electron chi connectivity index (χ3n) is 2.21. The van der Waals surface area contributed by atoms with Crippen LogP contribution in [0.1, 0.15) is 20.1 Å². The Morgan fingerprint density at radius 3 is 2.94 bits per heavy atom. The molecular weight excluding hydrogens is 240 g/mol. The molecule has 0 saturated carbocycles. The van der Waals surface area contributed by atoms with Gasteiger partial charge < -0.3 is 11.1 Å². The van der Waals surface area contributed by atoms with Gasteiger partial charge in [0.1, 0.15) is 0 Å². The Kier molecular flexibility index (Phi) is 3.26. The van der Waals surface area contributed by atoms with Gasteiger partial charge in [0, 0.05) is 17.1 Å². The van der Waals surface area contributed by atoms with E-state index < -0.39 is 0 Å². The molecule has 2 aromatic heterocycles. The summed E-state index contributed by atoms with van der Waals surface area (Å²) in [6.45, 7) is 2.48. The number of rotatable bonds is 3. The Morgan fingerprint density at radius 2 is 2.38 bits per heavy atom. The molecule has 0 fully saturated rings. The molecule has 3 N–H and O–H groups in total. The molecule has 16 heavy (non-hydrogen) atoms. The first-order valence-corrected chi connectivity index (χ1v) is 6.58. The lowest BCUT2D eigenvalue weighted by Crippen LogP contribution is -2.21. The number of thiophene rings is 2. The Morgan fingerprint density at radius 1 is 1.56 bits per heavy atom. The van der Waals surface area contributed by atoms with Crippen LogP contribution in [0.25, 0.3) is 0 Å². The minimum Gasteiger partial charge on any atom is -0.398 e. The molecule has 0 spiro atoms. The summed E-state index contributed by atoms with van der Waals surface area (Å²) in [4.78, 5) is 13.4. The molecule has 5 heteroatoms. The highest BCUT2D eigenvalue weighted by atomic mass is 32.1. The molecule has 3 nitrogen and oxygen atoms in total. The third kappa shape index (κ3) is 2.43. The molecule has 0 aromatic carbocycles. The van der Waals surface area contributed by atoms with Crippen LogP contribution in [0.15, 0.2) is 22.9 Å². The fourth-order valence-electron chi connectivity index (χ4n) is 1.27. The lowest BCUT2D eigenvalue weighted by Gasteiger charge is -2.00. The number of anilines is 1. The van der Waals surface area contributed by atoms with Gasteiger partial charge in [0.15, 0.2) is 0 Å². The Bertz CT molecular complexity index is 469. The number of hydrogen-bond acceptors (Lipinski definition) is 4. The zero-order chi connectivity index (χ0) is 11.5. The van der Waals surface area contributed by atoms with Crippen molar-refractivity contribution in [3.8, 4) is 0 Å². The van der Waals surface area contributed by atoms with Crippen LogP contribution in [-0.2, 0) is 6.54 Å². The SMILES string of the molecule is Cc1sc(C(=O)NCc2ccsc2)cc1N. The maximum atomic E-state index is 11.8. The van der Waals surface area contributed by atoms with E-state index in [-0.39, 0.29) is 5.91 Å². The average molecular weight is 252 g/mol. The van der Waals surface area contributed by atoms with Gasteiger partial charge >= 0.3 is 0 Å². The van der Waals surface area contributed by atoms with Crippen molar-refractivity contribution in [1.82, 2.24) is 5.32 Å². The number of carbonyl (C=O) groups is 1. The number of carbonyl (C=O) groups excluding carboxylic acids is 1. The average Bonchev–Trinajstić information content (AvgIpc) is 2.86. The summed E-state index contributed by atoms with van der Waals surface area (Å²) in [5.74, 6) is -0.0593. The second-order valence-corrected chi connectivity index (χ2v) is 5.47. The highest BCUT2D eigenvalue weighted by molar-refractivity contribution is 7.14. The van der Waals surface area contributed by atoms with E-state index in [1.54, 1.807) is 17.4 Å². The van der Waals surface area contributed by atoms with Gasteiger partial charge in [-0.3, -0.25) is 4.79 Å². The molecule has 84 valence electrons. The van der Waals surface area contributed by atoms with E-state index in [2.05, 4.69) is 5.32 Å². The molecule has 0 radical (unpaired) electrons. The second kappa shape index (κ2) is 4.67. The Labute approximate surface area is 102 Å². The van der Waals surface area contributed by atoms with Crippen LogP contribution in [0, 0.1) is 6.92 Å². The van der Waals surface area contributed by atoms with Crippen molar-refractivity contribution in [1.29, 1.82) is 0 Å². The van der Waals surface area contributed by atoms with Gasteiger partial charge in [0.05, 0.1) is 4.88 Å². The van der Waals surface area contributed by atoms with E-state index in [0.29, 0.717) is 17.1 Å². The molecule has 0 atom stereocenters. The van der Waals surface area contributed by atoms with Crippen molar-refractivity contribution in [2.45, 2.75) is 13.5 Å². The largest absolute Gasteiger partial charge is 0.398 e. The van der Waals surface area contributed by atoms with Crippen LogP contribution in [0.3, 0.4) is 0 Å². The predicted molar refractivity (Wildman–Crippen MR) is 69.0 cm³/mol. The summed E-state index contributed by atoms with van der Waals surface area (Å²) >= 11 is 3.05. The standard InChI is InChI=1S/C11H12N2OS2/c1-7-9(12)4-10(16-7)11(14)13-5-8-2-3-15-6-8/h2-4,6H,5,12H2,1H3,(H,13,14). The molecule has 0 bridgehead atoms. The van der Waals surface area contributed by atoms with E-state index in [1.165, 1.54) is 11.3 Å². The van der Waals surface area contributed by atoms with Gasteiger partial charge in [-0.15, -0.1) is 11.3 Å². The van der Waals surface area contributed by atoms with Crippen molar-refractivity contribution >= 4 is 34.3 Å². The maximum absolute atomic E-state index is 11.8. The monoisotopic (exact) mass is 252 g/mol. The smallest absolute Gasteiger partial charge is 0.261 e. The van der Waals surface area contributed by atoms with E-state index in [9.17, 15) is 4.79 Å². The molecule has 2 rings (SSSR count). The van der Waals surface area contributed by atoms with Crippen molar-refractivity contribution in [3.63, 3.8) is 0 Å². The minimum atomic E-state index is -0.0593. The van der Waals surface area contributed by atoms with Crippen molar-refractivity contribution < 1.29 is 4.79 Å². The molecule has 0 aliphatic heterocycles. The van der Waals surface area contributed by atoms with Crippen LogP contribution in [0.5, 0.6) is 0 Å². The van der Waals surface area contributed by atoms with Gasteiger partial charge in [0.2, 0.25) is 0 Å². The van der Waals surface area contributed by atoms with Gasteiger partial charge in [-0.2, -0.15) is 11.3 Å². The molecule has 0 saturated heterocycles. The van der Waals surface area contributed by atoms with E-state index in [1.807, 2.05) is 23.8 Å². The normalized spacial score (nSPS) is 10.3. The minimum absolute atomic E-state index is 0.0593. The maximum Gasteiger partial charge on any atom is 0.261 e. The first-order valence-electron chi connectivity index (χ1n) is 4.82. The van der Waals surface area contributed by atoms with Crippen molar-refractivity contribution in [3.05, 3.63) is 38.2 Å². The highest BCUT2D eigenvalue weighted by Crippen LogP contribution is 2.23. The molecule has 2 aromatic rings. The summed E-state index contributed by atoms with van der Waals surface area (Å²) in [5, 5.41) is 6.88. The summed E-state index contributed by atoms with van der Waals surface area (Å²) in [5.41, 5.74) is 7.51.